The number of rotatable bonds is 4. The summed E-state index contributed by atoms with van der Waals surface area (Å²) in [6.45, 7) is 5.22. The Balaban J connectivity index is 1.57. The lowest BCUT2D eigenvalue weighted by Crippen LogP contribution is -2.53. The van der Waals surface area contributed by atoms with Crippen LogP contribution in [0, 0.1) is 11.2 Å². The molecule has 1 N–H and O–H groups in total. The molecule has 3 rings (SSSR count). The van der Waals surface area contributed by atoms with Crippen molar-refractivity contribution in [2.24, 2.45) is 5.41 Å². The Morgan fingerprint density at radius 1 is 1.17 bits per heavy atom. The van der Waals surface area contributed by atoms with Gasteiger partial charge in [-0.05, 0) is 37.2 Å². The molecule has 0 radical (unpaired) electrons. The highest BCUT2D eigenvalue weighted by molar-refractivity contribution is 5.94. The summed E-state index contributed by atoms with van der Waals surface area (Å²) in [5.41, 5.74) is 0.398. The van der Waals surface area contributed by atoms with Gasteiger partial charge in [0.15, 0.2) is 0 Å². The van der Waals surface area contributed by atoms with Crippen LogP contribution < -0.4 is 0 Å². The van der Waals surface area contributed by atoms with Crippen LogP contribution in [0.5, 0.6) is 0 Å². The summed E-state index contributed by atoms with van der Waals surface area (Å²) in [5.74, 6) is -0.378. The molecule has 23 heavy (non-hydrogen) atoms. The standard InChI is InChI=1S/C17H23FN2O3/c18-15-4-2-14(3-5-15)16(22)20-7-1-6-19(8-9-20)10-17(11-21)12-23-13-17/h2-5,21H,1,6-13H2. The van der Waals surface area contributed by atoms with Gasteiger partial charge in [0.25, 0.3) is 5.91 Å². The fourth-order valence-electron chi connectivity index (χ4n) is 3.20. The summed E-state index contributed by atoms with van der Waals surface area (Å²) in [4.78, 5) is 16.6. The average molecular weight is 322 g/mol. The van der Waals surface area contributed by atoms with E-state index < -0.39 is 0 Å². The van der Waals surface area contributed by atoms with E-state index in [4.69, 9.17) is 4.74 Å². The van der Waals surface area contributed by atoms with E-state index in [9.17, 15) is 14.3 Å². The van der Waals surface area contributed by atoms with Gasteiger partial charge >= 0.3 is 0 Å². The van der Waals surface area contributed by atoms with Crippen LogP contribution in [0.2, 0.25) is 0 Å². The lowest BCUT2D eigenvalue weighted by molar-refractivity contribution is -0.147. The van der Waals surface area contributed by atoms with Crippen molar-refractivity contribution >= 4 is 5.91 Å². The molecule has 0 unspecified atom stereocenters. The van der Waals surface area contributed by atoms with Crippen LogP contribution in [-0.4, -0.2) is 73.4 Å². The monoisotopic (exact) mass is 322 g/mol. The number of nitrogens with zero attached hydrogens (tertiary/aromatic N) is 2. The van der Waals surface area contributed by atoms with Gasteiger partial charge in [-0.2, -0.15) is 0 Å². The van der Waals surface area contributed by atoms with Crippen LogP contribution in [-0.2, 0) is 4.74 Å². The summed E-state index contributed by atoms with van der Waals surface area (Å²) in [6, 6.07) is 5.71. The first-order valence-corrected chi connectivity index (χ1v) is 8.08. The number of aliphatic hydroxyl groups is 1. The van der Waals surface area contributed by atoms with Crippen LogP contribution in [0.3, 0.4) is 0 Å². The second-order valence-corrected chi connectivity index (χ2v) is 6.58. The molecule has 2 heterocycles. The average Bonchev–Trinajstić information content (AvgIpc) is 2.76. The van der Waals surface area contributed by atoms with Crippen molar-refractivity contribution in [1.82, 2.24) is 9.80 Å². The molecule has 0 aromatic heterocycles. The predicted octanol–water partition coefficient (Wildman–Crippen LogP) is 0.982. The van der Waals surface area contributed by atoms with Crippen LogP contribution in [0.1, 0.15) is 16.8 Å². The Labute approximate surface area is 135 Å². The van der Waals surface area contributed by atoms with Crippen molar-refractivity contribution in [1.29, 1.82) is 0 Å². The number of halogens is 1. The molecule has 2 aliphatic rings. The summed E-state index contributed by atoms with van der Waals surface area (Å²) < 4.78 is 18.2. The molecule has 5 nitrogen and oxygen atoms in total. The molecule has 6 heteroatoms. The van der Waals surface area contributed by atoms with Crippen LogP contribution >= 0.6 is 0 Å². The second kappa shape index (κ2) is 6.95. The highest BCUT2D eigenvalue weighted by atomic mass is 19.1. The summed E-state index contributed by atoms with van der Waals surface area (Å²) in [6.07, 6.45) is 0.898. The lowest BCUT2D eigenvalue weighted by Gasteiger charge is -2.43. The van der Waals surface area contributed by atoms with E-state index in [0.717, 1.165) is 26.1 Å². The Kier molecular flexibility index (Phi) is 4.94. The Bertz CT molecular complexity index is 540. The number of benzene rings is 1. The minimum Gasteiger partial charge on any atom is -0.396 e. The van der Waals surface area contributed by atoms with Gasteiger partial charge in [0.1, 0.15) is 5.82 Å². The van der Waals surface area contributed by atoms with Gasteiger partial charge in [0.2, 0.25) is 0 Å². The summed E-state index contributed by atoms with van der Waals surface area (Å²) in [7, 11) is 0. The van der Waals surface area contributed by atoms with Crippen molar-refractivity contribution in [3.05, 3.63) is 35.6 Å². The third-order valence-corrected chi connectivity index (χ3v) is 4.68. The van der Waals surface area contributed by atoms with Gasteiger partial charge in [0.05, 0.1) is 25.2 Å². The molecular weight excluding hydrogens is 299 g/mol. The van der Waals surface area contributed by atoms with Gasteiger partial charge in [-0.1, -0.05) is 0 Å². The fraction of sp³-hybridized carbons (Fsp3) is 0.588. The van der Waals surface area contributed by atoms with Gasteiger partial charge in [0, 0.05) is 31.7 Å². The van der Waals surface area contributed by atoms with Crippen molar-refractivity contribution in [2.75, 3.05) is 52.5 Å². The van der Waals surface area contributed by atoms with E-state index >= 15 is 0 Å². The molecule has 2 saturated heterocycles. The van der Waals surface area contributed by atoms with Crippen molar-refractivity contribution in [3.63, 3.8) is 0 Å². The molecular formula is C17H23FN2O3. The molecule has 0 bridgehead atoms. The Morgan fingerprint density at radius 3 is 2.52 bits per heavy atom. The SMILES string of the molecule is O=C(c1ccc(F)cc1)N1CCCN(CC2(CO)COC2)CC1. The van der Waals surface area contributed by atoms with E-state index in [-0.39, 0.29) is 23.7 Å². The number of hydrogen-bond acceptors (Lipinski definition) is 4. The topological polar surface area (TPSA) is 53.0 Å². The van der Waals surface area contributed by atoms with Crippen molar-refractivity contribution < 1.29 is 19.0 Å². The molecule has 0 saturated carbocycles. The Hall–Kier alpha value is -1.50. The van der Waals surface area contributed by atoms with E-state index in [1.165, 1.54) is 24.3 Å². The first-order chi connectivity index (χ1) is 11.1. The Morgan fingerprint density at radius 2 is 1.91 bits per heavy atom. The summed E-state index contributed by atoms with van der Waals surface area (Å²) in [5, 5.41) is 9.55. The maximum absolute atomic E-state index is 13.0. The van der Waals surface area contributed by atoms with Gasteiger partial charge in [-0.3, -0.25) is 4.79 Å². The minimum absolute atomic E-state index is 0.0456. The van der Waals surface area contributed by atoms with Crippen molar-refractivity contribution in [3.8, 4) is 0 Å². The number of ether oxygens (including phenoxy) is 1. The molecule has 1 amide bonds. The zero-order valence-electron chi connectivity index (χ0n) is 13.2. The van der Waals surface area contributed by atoms with E-state index in [1.54, 1.807) is 0 Å². The molecule has 1 aromatic rings. The highest BCUT2D eigenvalue weighted by Gasteiger charge is 2.39. The first-order valence-electron chi connectivity index (χ1n) is 8.08. The first kappa shape index (κ1) is 16.4. The number of aliphatic hydroxyl groups excluding tert-OH is 1. The number of carbonyl (C=O) groups excluding carboxylic acids is 1. The fourth-order valence-corrected chi connectivity index (χ4v) is 3.20. The van der Waals surface area contributed by atoms with Gasteiger partial charge in [-0.15, -0.1) is 0 Å². The van der Waals surface area contributed by atoms with E-state index in [1.807, 2.05) is 4.90 Å². The quantitative estimate of drug-likeness (QED) is 0.898. The number of amides is 1. The van der Waals surface area contributed by atoms with E-state index in [2.05, 4.69) is 4.90 Å². The minimum atomic E-state index is -0.333. The van der Waals surface area contributed by atoms with Crippen LogP contribution in [0.15, 0.2) is 24.3 Å². The molecule has 2 aliphatic heterocycles. The van der Waals surface area contributed by atoms with Crippen LogP contribution in [0.25, 0.3) is 0 Å². The zero-order chi connectivity index (χ0) is 16.3. The van der Waals surface area contributed by atoms with Crippen LogP contribution in [0.4, 0.5) is 4.39 Å². The molecule has 0 aliphatic carbocycles. The normalized spacial score (nSPS) is 21.6. The number of hydrogen-bond donors (Lipinski definition) is 1. The number of carbonyl (C=O) groups is 1. The molecule has 0 spiro atoms. The highest BCUT2D eigenvalue weighted by Crippen LogP contribution is 2.28. The maximum atomic E-state index is 13.0. The third-order valence-electron chi connectivity index (χ3n) is 4.68. The van der Waals surface area contributed by atoms with Gasteiger partial charge < -0.3 is 19.6 Å². The zero-order valence-corrected chi connectivity index (χ0v) is 13.2. The van der Waals surface area contributed by atoms with Crippen molar-refractivity contribution in [2.45, 2.75) is 6.42 Å². The smallest absolute Gasteiger partial charge is 0.253 e. The predicted molar refractivity (Wildman–Crippen MR) is 83.7 cm³/mol. The molecule has 2 fully saturated rings. The molecule has 1 aromatic carbocycles. The lowest BCUT2D eigenvalue weighted by atomic mass is 9.86. The molecule has 126 valence electrons. The summed E-state index contributed by atoms with van der Waals surface area (Å²) >= 11 is 0. The maximum Gasteiger partial charge on any atom is 0.253 e. The largest absolute Gasteiger partial charge is 0.396 e. The second-order valence-electron chi connectivity index (χ2n) is 6.58. The molecule has 0 atom stereocenters. The van der Waals surface area contributed by atoms with E-state index in [0.29, 0.717) is 31.9 Å². The third kappa shape index (κ3) is 3.71. The van der Waals surface area contributed by atoms with Gasteiger partial charge in [-0.25, -0.2) is 4.39 Å².